The maximum absolute atomic E-state index is 12.6. The van der Waals surface area contributed by atoms with E-state index in [4.69, 9.17) is 0 Å². The predicted octanol–water partition coefficient (Wildman–Crippen LogP) is 1.52. The Labute approximate surface area is 130 Å². The lowest BCUT2D eigenvalue weighted by atomic mass is 10.1. The molecule has 2 aliphatic rings. The van der Waals surface area contributed by atoms with Gasteiger partial charge in [-0.15, -0.1) is 0 Å². The molecule has 1 saturated heterocycles. The first kappa shape index (κ1) is 15.1. The molecule has 0 radical (unpaired) electrons. The molecule has 1 saturated carbocycles. The van der Waals surface area contributed by atoms with Gasteiger partial charge in [-0.1, -0.05) is 0 Å². The Bertz CT molecular complexity index is 596. The van der Waals surface area contributed by atoms with Gasteiger partial charge < -0.3 is 10.6 Å². The molecule has 1 aliphatic heterocycles. The van der Waals surface area contributed by atoms with Crippen LogP contribution in [0.2, 0.25) is 0 Å². The molecule has 1 aromatic heterocycles. The number of hydrogen-bond acceptors (Lipinski definition) is 3. The summed E-state index contributed by atoms with van der Waals surface area (Å²) in [5.74, 6) is 0.188. The summed E-state index contributed by atoms with van der Waals surface area (Å²) in [6, 6.07) is 1.45. The van der Waals surface area contributed by atoms with E-state index in [1.165, 1.54) is 0 Å². The van der Waals surface area contributed by atoms with E-state index in [1.54, 1.807) is 4.68 Å². The highest BCUT2D eigenvalue weighted by Gasteiger charge is 2.32. The smallest absolute Gasteiger partial charge is 0.270 e. The van der Waals surface area contributed by atoms with Gasteiger partial charge in [-0.05, 0) is 52.5 Å². The summed E-state index contributed by atoms with van der Waals surface area (Å²) in [6.07, 6.45) is 3.87. The van der Waals surface area contributed by atoms with Crippen molar-refractivity contribution in [1.29, 1.82) is 0 Å². The molecule has 1 aliphatic carbocycles. The Balaban J connectivity index is 1.83. The summed E-state index contributed by atoms with van der Waals surface area (Å²) in [5.41, 5.74) is 1.27. The second-order valence-corrected chi connectivity index (χ2v) is 7.27. The lowest BCUT2D eigenvalue weighted by Gasteiger charge is -2.25. The van der Waals surface area contributed by atoms with Crippen molar-refractivity contribution in [3.63, 3.8) is 0 Å². The highest BCUT2D eigenvalue weighted by Crippen LogP contribution is 2.40. The minimum absolute atomic E-state index is 0.0937. The molecule has 120 valence electrons. The molecule has 0 bridgehead atoms. The predicted molar refractivity (Wildman–Crippen MR) is 82.7 cm³/mol. The van der Waals surface area contributed by atoms with E-state index < -0.39 is 6.04 Å². The van der Waals surface area contributed by atoms with Crippen LogP contribution in [-0.2, 0) is 10.3 Å². The maximum atomic E-state index is 12.6. The fourth-order valence-corrected chi connectivity index (χ4v) is 2.79. The molecule has 2 heterocycles. The number of hydrogen-bond donors (Lipinski definition) is 2. The normalized spacial score (nSPS) is 22.3. The van der Waals surface area contributed by atoms with Crippen LogP contribution in [0.3, 0.4) is 0 Å². The molecule has 0 spiro atoms. The quantitative estimate of drug-likeness (QED) is 0.889. The van der Waals surface area contributed by atoms with E-state index in [0.717, 1.165) is 25.0 Å². The van der Waals surface area contributed by atoms with Gasteiger partial charge in [0.25, 0.3) is 5.91 Å². The van der Waals surface area contributed by atoms with Crippen molar-refractivity contribution in [1.82, 2.24) is 20.4 Å². The van der Waals surface area contributed by atoms with Crippen LogP contribution in [-0.4, -0.2) is 34.2 Å². The number of rotatable bonds is 3. The molecule has 3 rings (SSSR count). The van der Waals surface area contributed by atoms with Gasteiger partial charge in [-0.3, -0.25) is 14.3 Å². The summed E-state index contributed by atoms with van der Waals surface area (Å²) < 4.78 is 1.79. The fourth-order valence-electron chi connectivity index (χ4n) is 2.79. The van der Waals surface area contributed by atoms with Crippen molar-refractivity contribution in [3.8, 4) is 0 Å². The van der Waals surface area contributed by atoms with Crippen LogP contribution in [0.15, 0.2) is 6.07 Å². The van der Waals surface area contributed by atoms with Crippen LogP contribution >= 0.6 is 0 Å². The molecule has 2 fully saturated rings. The molecule has 0 aromatic carbocycles. The van der Waals surface area contributed by atoms with Gasteiger partial charge in [0.15, 0.2) is 0 Å². The zero-order valence-electron chi connectivity index (χ0n) is 13.5. The number of nitrogens with one attached hydrogen (secondary N) is 2. The number of amides is 2. The molecule has 6 nitrogen and oxygen atoms in total. The second-order valence-electron chi connectivity index (χ2n) is 7.27. The standard InChI is InChI=1S/C16H24N4O2/c1-16(2,3)20-13(9-12(19-20)10-6-7-10)15(22)18-11-5-4-8-17-14(11)21/h9-11H,4-8H2,1-3H3,(H,17,21)(H,18,22). The van der Waals surface area contributed by atoms with Crippen molar-refractivity contribution in [2.45, 2.75) is 64.0 Å². The van der Waals surface area contributed by atoms with Crippen LogP contribution in [0.25, 0.3) is 0 Å². The van der Waals surface area contributed by atoms with Crippen LogP contribution in [0.5, 0.6) is 0 Å². The van der Waals surface area contributed by atoms with Crippen LogP contribution in [0, 0.1) is 0 Å². The molecule has 1 unspecified atom stereocenters. The summed E-state index contributed by atoms with van der Waals surface area (Å²) in [5, 5.41) is 10.3. The number of carbonyl (C=O) groups is 2. The first-order valence-electron chi connectivity index (χ1n) is 8.05. The zero-order valence-corrected chi connectivity index (χ0v) is 13.5. The maximum Gasteiger partial charge on any atom is 0.270 e. The average molecular weight is 304 g/mol. The lowest BCUT2D eigenvalue weighted by molar-refractivity contribution is -0.124. The molecule has 2 amide bonds. The van der Waals surface area contributed by atoms with Crippen molar-refractivity contribution in [2.24, 2.45) is 0 Å². The SMILES string of the molecule is CC(C)(C)n1nc(C2CC2)cc1C(=O)NC1CCCNC1=O. The lowest BCUT2D eigenvalue weighted by Crippen LogP contribution is -2.50. The van der Waals surface area contributed by atoms with E-state index >= 15 is 0 Å². The number of nitrogens with zero attached hydrogens (tertiary/aromatic N) is 2. The molecule has 2 N–H and O–H groups in total. The molecule has 1 aromatic rings. The van der Waals surface area contributed by atoms with Crippen molar-refractivity contribution in [2.75, 3.05) is 6.54 Å². The van der Waals surface area contributed by atoms with E-state index in [2.05, 4.69) is 15.7 Å². The van der Waals surface area contributed by atoms with Crippen LogP contribution < -0.4 is 10.6 Å². The summed E-state index contributed by atoms with van der Waals surface area (Å²) >= 11 is 0. The van der Waals surface area contributed by atoms with Gasteiger partial charge in [0, 0.05) is 12.5 Å². The van der Waals surface area contributed by atoms with Gasteiger partial charge in [-0.2, -0.15) is 5.10 Å². The third-order valence-corrected chi connectivity index (χ3v) is 4.18. The number of aromatic nitrogens is 2. The minimum Gasteiger partial charge on any atom is -0.354 e. The Morgan fingerprint density at radius 2 is 2.09 bits per heavy atom. The first-order valence-corrected chi connectivity index (χ1v) is 8.05. The Morgan fingerprint density at radius 1 is 1.36 bits per heavy atom. The molecule has 1 atom stereocenters. The Kier molecular flexibility index (Phi) is 3.70. The van der Waals surface area contributed by atoms with Gasteiger partial charge >= 0.3 is 0 Å². The highest BCUT2D eigenvalue weighted by molar-refractivity contribution is 5.96. The van der Waals surface area contributed by atoms with E-state index in [-0.39, 0.29) is 17.4 Å². The zero-order chi connectivity index (χ0) is 15.9. The summed E-state index contributed by atoms with van der Waals surface area (Å²) in [7, 11) is 0. The molecular weight excluding hydrogens is 280 g/mol. The number of carbonyl (C=O) groups excluding carboxylic acids is 2. The average Bonchev–Trinajstić information content (AvgIpc) is 3.18. The van der Waals surface area contributed by atoms with E-state index in [9.17, 15) is 9.59 Å². The monoisotopic (exact) mass is 304 g/mol. The van der Waals surface area contributed by atoms with E-state index in [1.807, 2.05) is 26.8 Å². The Hall–Kier alpha value is -1.85. The fraction of sp³-hybridized carbons (Fsp3) is 0.688. The van der Waals surface area contributed by atoms with Gasteiger partial charge in [-0.25, -0.2) is 0 Å². The van der Waals surface area contributed by atoms with Gasteiger partial charge in [0.2, 0.25) is 5.91 Å². The van der Waals surface area contributed by atoms with Crippen molar-refractivity contribution < 1.29 is 9.59 Å². The second kappa shape index (κ2) is 5.41. The molecule has 6 heteroatoms. The molecule has 22 heavy (non-hydrogen) atoms. The summed E-state index contributed by atoms with van der Waals surface area (Å²) in [4.78, 5) is 24.4. The van der Waals surface area contributed by atoms with Gasteiger partial charge in [0.1, 0.15) is 11.7 Å². The summed E-state index contributed by atoms with van der Waals surface area (Å²) in [6.45, 7) is 6.78. The largest absolute Gasteiger partial charge is 0.354 e. The van der Waals surface area contributed by atoms with Gasteiger partial charge in [0.05, 0.1) is 11.2 Å². The first-order chi connectivity index (χ1) is 10.4. The topological polar surface area (TPSA) is 76.0 Å². The highest BCUT2D eigenvalue weighted by atomic mass is 16.2. The molecular formula is C16H24N4O2. The van der Waals surface area contributed by atoms with Crippen LogP contribution in [0.4, 0.5) is 0 Å². The number of piperidine rings is 1. The van der Waals surface area contributed by atoms with Crippen molar-refractivity contribution >= 4 is 11.8 Å². The van der Waals surface area contributed by atoms with Crippen molar-refractivity contribution in [3.05, 3.63) is 17.5 Å². The third kappa shape index (κ3) is 3.00. The van der Waals surface area contributed by atoms with E-state index in [0.29, 0.717) is 24.6 Å². The Morgan fingerprint density at radius 3 is 2.68 bits per heavy atom. The van der Waals surface area contributed by atoms with Crippen LogP contribution in [0.1, 0.15) is 68.6 Å². The minimum atomic E-state index is -0.436. The third-order valence-electron chi connectivity index (χ3n) is 4.18.